The monoisotopic (exact) mass is 544 g/mol. The number of carbonyl (C=O) groups is 2. The van der Waals surface area contributed by atoms with Crippen LogP contribution in [0, 0.1) is 0 Å². The van der Waals surface area contributed by atoms with E-state index in [0.29, 0.717) is 32.6 Å². The molecule has 0 spiro atoms. The van der Waals surface area contributed by atoms with E-state index in [1.54, 1.807) is 0 Å². The second-order valence-electron chi connectivity index (χ2n) is 9.40. The van der Waals surface area contributed by atoms with Crippen molar-refractivity contribution in [2.24, 2.45) is 0 Å². The molecule has 0 radical (unpaired) electrons. The third kappa shape index (κ3) is 24.7. The van der Waals surface area contributed by atoms with Gasteiger partial charge in [0.25, 0.3) is 0 Å². The van der Waals surface area contributed by atoms with E-state index in [-0.39, 0.29) is 11.9 Å². The molecule has 0 rings (SSSR count). The predicted octanol–water partition coefficient (Wildman–Crippen LogP) is 8.32. The van der Waals surface area contributed by atoms with Gasteiger partial charge in [-0.2, -0.15) is 0 Å². The van der Waals surface area contributed by atoms with Gasteiger partial charge in [-0.05, 0) is 32.1 Å². The van der Waals surface area contributed by atoms with Crippen molar-refractivity contribution < 1.29 is 32.7 Å². The van der Waals surface area contributed by atoms with Gasteiger partial charge in [0, 0.05) is 12.2 Å². The minimum Gasteiger partial charge on any atom is -0.463 e. The molecule has 0 unspecified atom stereocenters. The SMILES string of the molecule is C=CC(=O)OCCCCCCCCOP(=O)(CCCCCCC)OCCCCCCCCOC(=O)C=C. The van der Waals surface area contributed by atoms with Gasteiger partial charge < -0.3 is 18.5 Å². The van der Waals surface area contributed by atoms with E-state index >= 15 is 0 Å². The maximum atomic E-state index is 13.3. The van der Waals surface area contributed by atoms with Crippen molar-refractivity contribution in [3.63, 3.8) is 0 Å². The highest BCUT2D eigenvalue weighted by Gasteiger charge is 2.23. The van der Waals surface area contributed by atoms with Crippen LogP contribution in [0.1, 0.15) is 116 Å². The molecule has 0 aromatic carbocycles. The lowest BCUT2D eigenvalue weighted by atomic mass is 10.1. The van der Waals surface area contributed by atoms with Crippen molar-refractivity contribution in [2.45, 2.75) is 116 Å². The summed E-state index contributed by atoms with van der Waals surface area (Å²) in [6.45, 7) is 10.8. The molecule has 216 valence electrons. The fraction of sp³-hybridized carbons (Fsp3) is 0.793. The van der Waals surface area contributed by atoms with Gasteiger partial charge in [-0.25, -0.2) is 9.59 Å². The highest BCUT2D eigenvalue weighted by atomic mass is 31.2. The zero-order chi connectivity index (χ0) is 27.5. The van der Waals surface area contributed by atoms with Crippen LogP contribution < -0.4 is 0 Å². The number of hydrogen-bond acceptors (Lipinski definition) is 7. The van der Waals surface area contributed by atoms with E-state index < -0.39 is 7.60 Å². The summed E-state index contributed by atoms with van der Waals surface area (Å²) < 4.78 is 34.9. The number of hydrogen-bond donors (Lipinski definition) is 0. The highest BCUT2D eigenvalue weighted by Crippen LogP contribution is 2.49. The molecule has 8 heteroatoms. The zero-order valence-corrected chi connectivity index (χ0v) is 24.3. The van der Waals surface area contributed by atoms with Gasteiger partial charge >= 0.3 is 19.5 Å². The summed E-state index contributed by atoms with van der Waals surface area (Å²) in [4.78, 5) is 22.0. The molecule has 0 atom stereocenters. The second-order valence-corrected chi connectivity index (χ2v) is 11.6. The molecule has 37 heavy (non-hydrogen) atoms. The lowest BCUT2D eigenvalue weighted by molar-refractivity contribution is -0.138. The van der Waals surface area contributed by atoms with Crippen molar-refractivity contribution in [3.05, 3.63) is 25.3 Å². The van der Waals surface area contributed by atoms with Crippen LogP contribution in [0.5, 0.6) is 0 Å². The summed E-state index contributed by atoms with van der Waals surface area (Å²) in [5.41, 5.74) is 0. The van der Waals surface area contributed by atoms with Crippen LogP contribution in [-0.4, -0.2) is 44.5 Å². The molecule has 0 heterocycles. The third-order valence-corrected chi connectivity index (χ3v) is 8.03. The first-order valence-electron chi connectivity index (χ1n) is 14.4. The maximum absolute atomic E-state index is 13.3. The standard InChI is InChI=1S/C29H53O7P/c1-4-7-8-17-22-27-37(32,35-25-20-15-11-9-13-18-23-33-28(30)5-2)36-26-21-16-12-10-14-19-24-34-29(31)6-3/h5-6H,2-4,7-27H2,1H3. The molecule has 0 aliphatic carbocycles. The summed E-state index contributed by atoms with van der Waals surface area (Å²) in [5.74, 6) is -0.732. The molecule has 7 nitrogen and oxygen atoms in total. The summed E-state index contributed by atoms with van der Waals surface area (Å²) in [5, 5.41) is 0. The summed E-state index contributed by atoms with van der Waals surface area (Å²) in [6, 6.07) is 0. The van der Waals surface area contributed by atoms with Gasteiger partial charge in [-0.15, -0.1) is 0 Å². The van der Waals surface area contributed by atoms with Crippen LogP contribution in [0.15, 0.2) is 25.3 Å². The number of esters is 2. The number of ether oxygens (including phenoxy) is 2. The van der Waals surface area contributed by atoms with Gasteiger partial charge in [0.2, 0.25) is 0 Å². The van der Waals surface area contributed by atoms with Crippen molar-refractivity contribution in [2.75, 3.05) is 32.6 Å². The molecular weight excluding hydrogens is 491 g/mol. The molecule has 0 aromatic rings. The largest absolute Gasteiger partial charge is 0.463 e. The first-order chi connectivity index (χ1) is 18.0. The highest BCUT2D eigenvalue weighted by molar-refractivity contribution is 7.53. The number of carbonyl (C=O) groups excluding carboxylic acids is 2. The average Bonchev–Trinajstić information content (AvgIpc) is 2.90. The van der Waals surface area contributed by atoms with E-state index in [4.69, 9.17) is 18.5 Å². The van der Waals surface area contributed by atoms with Crippen LogP contribution in [0.4, 0.5) is 0 Å². The van der Waals surface area contributed by atoms with Gasteiger partial charge in [-0.3, -0.25) is 4.57 Å². The molecule has 0 saturated carbocycles. The third-order valence-electron chi connectivity index (χ3n) is 6.01. The Hall–Kier alpha value is -1.43. The van der Waals surface area contributed by atoms with E-state index in [1.807, 2.05) is 0 Å². The molecule has 0 bridgehead atoms. The molecule has 0 aliphatic heterocycles. The molecular formula is C29H53O7P. The van der Waals surface area contributed by atoms with Crippen LogP contribution in [0.25, 0.3) is 0 Å². The van der Waals surface area contributed by atoms with Crippen LogP contribution >= 0.6 is 7.60 Å². The molecule has 0 saturated heterocycles. The summed E-state index contributed by atoms with van der Waals surface area (Å²) in [7, 11) is -3.05. The van der Waals surface area contributed by atoms with Gasteiger partial charge in [-0.1, -0.05) is 97.1 Å². The van der Waals surface area contributed by atoms with Crippen LogP contribution in [0.2, 0.25) is 0 Å². The number of rotatable bonds is 28. The Labute approximate surface area is 226 Å². The second kappa shape index (κ2) is 26.2. The lowest BCUT2D eigenvalue weighted by Crippen LogP contribution is -2.04. The molecule has 0 amide bonds. The smallest absolute Gasteiger partial charge is 0.330 e. The topological polar surface area (TPSA) is 88.1 Å². The quantitative estimate of drug-likeness (QED) is 0.0423. The molecule has 0 N–H and O–H groups in total. The lowest BCUT2D eigenvalue weighted by Gasteiger charge is -2.19. The van der Waals surface area contributed by atoms with E-state index in [1.165, 1.54) is 25.0 Å². The first kappa shape index (κ1) is 35.6. The average molecular weight is 545 g/mol. The van der Waals surface area contributed by atoms with Crippen molar-refractivity contribution in [3.8, 4) is 0 Å². The Morgan fingerprint density at radius 1 is 0.568 bits per heavy atom. The number of unbranched alkanes of at least 4 members (excludes halogenated alkanes) is 14. The Kier molecular flexibility index (Phi) is 25.2. The zero-order valence-electron chi connectivity index (χ0n) is 23.4. The van der Waals surface area contributed by atoms with Gasteiger partial charge in [0.15, 0.2) is 0 Å². The van der Waals surface area contributed by atoms with Crippen LogP contribution in [-0.2, 0) is 32.7 Å². The van der Waals surface area contributed by atoms with Crippen molar-refractivity contribution in [1.29, 1.82) is 0 Å². The molecule has 0 aromatic heterocycles. The molecule has 0 fully saturated rings. The van der Waals surface area contributed by atoms with Crippen molar-refractivity contribution in [1.82, 2.24) is 0 Å². The van der Waals surface area contributed by atoms with Crippen molar-refractivity contribution >= 4 is 19.5 Å². The van der Waals surface area contributed by atoms with E-state index in [0.717, 1.165) is 96.3 Å². The van der Waals surface area contributed by atoms with Gasteiger partial charge in [0.05, 0.1) is 32.6 Å². The van der Waals surface area contributed by atoms with Gasteiger partial charge in [0.1, 0.15) is 0 Å². The maximum Gasteiger partial charge on any atom is 0.330 e. The summed E-state index contributed by atoms with van der Waals surface area (Å²) >= 11 is 0. The Bertz CT molecular complexity index is 592. The normalized spacial score (nSPS) is 11.3. The fourth-order valence-electron chi connectivity index (χ4n) is 3.77. The van der Waals surface area contributed by atoms with E-state index in [9.17, 15) is 14.2 Å². The predicted molar refractivity (Wildman–Crippen MR) is 151 cm³/mol. The Morgan fingerprint density at radius 3 is 1.32 bits per heavy atom. The minimum atomic E-state index is -3.05. The fourth-order valence-corrected chi connectivity index (χ4v) is 5.53. The Morgan fingerprint density at radius 2 is 0.919 bits per heavy atom. The van der Waals surface area contributed by atoms with E-state index in [2.05, 4.69) is 20.1 Å². The Balaban J connectivity index is 4.01. The summed E-state index contributed by atoms with van der Waals surface area (Å²) in [6.07, 6.45) is 20.3. The first-order valence-corrected chi connectivity index (χ1v) is 16.2. The van der Waals surface area contributed by atoms with Crippen LogP contribution in [0.3, 0.4) is 0 Å². The minimum absolute atomic E-state index is 0.366. The molecule has 0 aliphatic rings.